The first-order valence-electron chi connectivity index (χ1n) is 4.02. The Morgan fingerprint density at radius 2 is 1.70 bits per heavy atom. The molecule has 0 bridgehead atoms. The molecule has 0 spiro atoms. The van der Waals surface area contributed by atoms with Crippen molar-refractivity contribution >= 4 is 25.1 Å². The van der Waals surface area contributed by atoms with Crippen LogP contribution in [-0.4, -0.2) is 25.1 Å². The van der Waals surface area contributed by atoms with E-state index in [9.17, 15) is 0 Å². The van der Waals surface area contributed by atoms with Crippen molar-refractivity contribution in [3.63, 3.8) is 0 Å². The monoisotopic (exact) mass is 246 g/mol. The van der Waals surface area contributed by atoms with Crippen molar-refractivity contribution in [1.82, 2.24) is 0 Å². The van der Waals surface area contributed by atoms with Crippen LogP contribution < -0.4 is 0 Å². The first kappa shape index (κ1) is 10.6. The number of rotatable bonds is 3. The van der Waals surface area contributed by atoms with Gasteiger partial charge in [0.05, 0.1) is 0 Å². The van der Waals surface area contributed by atoms with Gasteiger partial charge in [-0.15, -0.1) is 0 Å². The Kier molecular flexibility index (Phi) is 4.07. The van der Waals surface area contributed by atoms with E-state index in [0.29, 0.717) is 0 Å². The summed E-state index contributed by atoms with van der Waals surface area (Å²) >= 11 is -1.65. The summed E-state index contributed by atoms with van der Waals surface area (Å²) in [6.45, 7) is 9.30. The SMILES string of the molecule is C=C[CH](B(C)C)[Sn]([CH3])([CH3])[CH3]. The molecule has 1 unspecified atom stereocenters. The second-order valence-electron chi connectivity index (χ2n) is 4.37. The molecule has 0 radical (unpaired) electrons. The molecule has 10 heavy (non-hydrogen) atoms. The predicted molar refractivity (Wildman–Crippen MR) is 54.8 cm³/mol. The van der Waals surface area contributed by atoms with Crippen LogP contribution in [0.25, 0.3) is 0 Å². The Bertz CT molecular complexity index is 113. The van der Waals surface area contributed by atoms with Crippen LogP contribution in [0.3, 0.4) is 0 Å². The topological polar surface area (TPSA) is 0 Å². The Morgan fingerprint density at radius 1 is 1.30 bits per heavy atom. The van der Waals surface area contributed by atoms with Crippen LogP contribution in [0, 0.1) is 0 Å². The summed E-state index contributed by atoms with van der Waals surface area (Å²) in [6, 6.07) is 0. The first-order chi connectivity index (χ1) is 4.39. The average Bonchev–Trinajstić information content (AvgIpc) is 1.60. The standard InChI is InChI=1S/C5H10B.3CH3.Sn/c1-4-5-6(2)3;;;;/h4-5H,1H2,2-3H3;3*1H3;. The molecule has 0 saturated heterocycles. The van der Waals surface area contributed by atoms with Crippen LogP contribution in [0.15, 0.2) is 12.7 Å². The van der Waals surface area contributed by atoms with E-state index in [1.165, 1.54) is 0 Å². The maximum atomic E-state index is 3.90. The predicted octanol–water partition coefficient (Wildman–Crippen LogP) is 3.17. The molecule has 2 heteroatoms. The molecule has 0 fully saturated rings. The molecule has 0 N–H and O–H groups in total. The van der Waals surface area contributed by atoms with Crippen LogP contribution in [0.5, 0.6) is 0 Å². The molecule has 0 aromatic heterocycles. The van der Waals surface area contributed by atoms with E-state index in [1.54, 1.807) is 0 Å². The second-order valence-corrected chi connectivity index (χ2v) is 19.8. The average molecular weight is 245 g/mol. The third kappa shape index (κ3) is 3.13. The van der Waals surface area contributed by atoms with E-state index >= 15 is 0 Å². The zero-order chi connectivity index (χ0) is 8.36. The molecule has 0 aromatic carbocycles. The van der Waals surface area contributed by atoms with Crippen LogP contribution in [0.1, 0.15) is 0 Å². The molecular formula is C8H19BSn. The molecule has 58 valence electrons. The molecule has 0 aliphatic carbocycles. The van der Waals surface area contributed by atoms with Gasteiger partial charge in [-0.2, -0.15) is 0 Å². The van der Waals surface area contributed by atoms with Crippen LogP contribution >= 0.6 is 0 Å². The normalized spacial score (nSPS) is 14.5. The summed E-state index contributed by atoms with van der Waals surface area (Å²) in [7, 11) is 0. The van der Waals surface area contributed by atoms with Crippen LogP contribution in [-0.2, 0) is 0 Å². The Labute approximate surface area is 70.0 Å². The zero-order valence-corrected chi connectivity index (χ0v) is 10.8. The van der Waals surface area contributed by atoms with E-state index in [1.807, 2.05) is 0 Å². The molecule has 0 nitrogen and oxygen atoms in total. The van der Waals surface area contributed by atoms with E-state index in [0.717, 1.165) is 10.5 Å². The fraction of sp³-hybridized carbons (Fsp3) is 0.750. The van der Waals surface area contributed by atoms with Gasteiger partial charge in [-0.1, -0.05) is 0 Å². The summed E-state index contributed by atoms with van der Waals surface area (Å²) in [5.74, 6) is 0. The van der Waals surface area contributed by atoms with E-state index < -0.39 is 18.4 Å². The molecule has 0 aliphatic rings. The number of allylic oxidation sites excluding steroid dienone is 1. The first-order valence-corrected chi connectivity index (χ1v) is 14.2. The molecular weight excluding hydrogens is 226 g/mol. The number of hydrogen-bond acceptors (Lipinski definition) is 0. The fourth-order valence-electron chi connectivity index (χ4n) is 1.63. The van der Waals surface area contributed by atoms with Crippen molar-refractivity contribution in [3.05, 3.63) is 12.7 Å². The van der Waals surface area contributed by atoms with Gasteiger partial charge in [-0.25, -0.2) is 0 Å². The van der Waals surface area contributed by atoms with Crippen molar-refractivity contribution in [2.45, 2.75) is 32.3 Å². The van der Waals surface area contributed by atoms with Gasteiger partial charge in [0.15, 0.2) is 0 Å². The van der Waals surface area contributed by atoms with Crippen LogP contribution in [0.4, 0.5) is 0 Å². The van der Waals surface area contributed by atoms with E-state index in [-0.39, 0.29) is 0 Å². The van der Waals surface area contributed by atoms with Crippen LogP contribution in [0.2, 0.25) is 32.3 Å². The summed E-state index contributed by atoms with van der Waals surface area (Å²) in [5.41, 5.74) is 0. The van der Waals surface area contributed by atoms with Gasteiger partial charge in [0.2, 0.25) is 0 Å². The van der Waals surface area contributed by atoms with Crippen molar-refractivity contribution < 1.29 is 0 Å². The molecule has 1 atom stereocenters. The summed E-state index contributed by atoms with van der Waals surface area (Å²) in [6.07, 6.45) is 2.17. The summed E-state index contributed by atoms with van der Waals surface area (Å²) < 4.78 is 0.842. The summed E-state index contributed by atoms with van der Waals surface area (Å²) in [4.78, 5) is 7.42. The van der Waals surface area contributed by atoms with E-state index in [4.69, 9.17) is 0 Å². The van der Waals surface area contributed by atoms with Crippen molar-refractivity contribution in [2.24, 2.45) is 0 Å². The number of hydrogen-bond donors (Lipinski definition) is 0. The third-order valence-corrected chi connectivity index (χ3v) is 10.3. The molecule has 0 amide bonds. The second kappa shape index (κ2) is 3.84. The van der Waals surface area contributed by atoms with Gasteiger partial charge in [0.25, 0.3) is 0 Å². The minimum absolute atomic E-state index is 0.799. The van der Waals surface area contributed by atoms with Crippen molar-refractivity contribution in [2.75, 3.05) is 0 Å². The van der Waals surface area contributed by atoms with Crippen molar-refractivity contribution in [3.8, 4) is 0 Å². The Hall–Kier alpha value is 0.604. The summed E-state index contributed by atoms with van der Waals surface area (Å²) in [5, 5.41) is 0. The van der Waals surface area contributed by atoms with Gasteiger partial charge in [0.1, 0.15) is 0 Å². The molecule has 0 aliphatic heterocycles. The zero-order valence-electron chi connectivity index (χ0n) is 7.94. The van der Waals surface area contributed by atoms with Gasteiger partial charge >= 0.3 is 70.0 Å². The fourth-order valence-corrected chi connectivity index (χ4v) is 9.35. The molecule has 0 rings (SSSR count). The Balaban J connectivity index is 4.21. The molecule has 0 aromatic rings. The van der Waals surface area contributed by atoms with Gasteiger partial charge < -0.3 is 0 Å². The van der Waals surface area contributed by atoms with Gasteiger partial charge in [-0.3, -0.25) is 0 Å². The molecule has 0 saturated carbocycles. The minimum atomic E-state index is -1.65. The Morgan fingerprint density at radius 3 is 1.70 bits per heavy atom. The molecule has 0 heterocycles. The van der Waals surface area contributed by atoms with E-state index in [2.05, 4.69) is 41.1 Å². The maximum absolute atomic E-state index is 3.90. The quantitative estimate of drug-likeness (QED) is 0.529. The van der Waals surface area contributed by atoms with Gasteiger partial charge in [0, 0.05) is 0 Å². The van der Waals surface area contributed by atoms with Gasteiger partial charge in [-0.05, 0) is 0 Å². The third-order valence-electron chi connectivity index (χ3n) is 1.97. The van der Waals surface area contributed by atoms with Crippen molar-refractivity contribution in [1.29, 1.82) is 0 Å².